The minimum atomic E-state index is -1.18. The summed E-state index contributed by atoms with van der Waals surface area (Å²) in [4.78, 5) is 24.2. The molecule has 0 heterocycles. The fraction of sp³-hybridized carbons (Fsp3) is 0.857. The third kappa shape index (κ3) is 5.19. The van der Waals surface area contributed by atoms with E-state index >= 15 is 0 Å². The van der Waals surface area contributed by atoms with Crippen LogP contribution >= 0.6 is 0 Å². The summed E-state index contributed by atoms with van der Waals surface area (Å²) in [5.74, 6) is -0.996. The first-order valence-corrected chi connectivity index (χ1v) is 6.92. The first kappa shape index (κ1) is 17.9. The highest BCUT2D eigenvalue weighted by atomic mass is 16.6. The van der Waals surface area contributed by atoms with E-state index < -0.39 is 17.4 Å². The van der Waals surface area contributed by atoms with Crippen molar-refractivity contribution in [1.82, 2.24) is 0 Å². The summed E-state index contributed by atoms with van der Waals surface area (Å²) >= 11 is 0. The van der Waals surface area contributed by atoms with Crippen molar-refractivity contribution < 1.29 is 23.8 Å². The van der Waals surface area contributed by atoms with Gasteiger partial charge in [0.2, 0.25) is 0 Å². The van der Waals surface area contributed by atoms with E-state index in [1.807, 2.05) is 6.92 Å². The van der Waals surface area contributed by atoms with Gasteiger partial charge in [0.05, 0.1) is 13.2 Å². The van der Waals surface area contributed by atoms with Gasteiger partial charge in [-0.3, -0.25) is 9.59 Å². The van der Waals surface area contributed by atoms with Gasteiger partial charge in [-0.1, -0.05) is 27.2 Å². The first-order chi connectivity index (χ1) is 9.08. The van der Waals surface area contributed by atoms with Crippen LogP contribution in [0.2, 0.25) is 0 Å². The maximum atomic E-state index is 12.1. The predicted octanol–water partition coefficient (Wildman–Crippen LogP) is 2.33. The smallest absolute Gasteiger partial charge is 0.323 e. The van der Waals surface area contributed by atoms with E-state index in [1.54, 1.807) is 13.8 Å². The molecule has 0 aromatic rings. The van der Waals surface area contributed by atoms with Crippen molar-refractivity contribution in [2.45, 2.75) is 46.5 Å². The predicted molar refractivity (Wildman–Crippen MR) is 71.7 cm³/mol. The number of carbonyl (C=O) groups excluding carboxylic acids is 2. The van der Waals surface area contributed by atoms with Crippen molar-refractivity contribution in [1.29, 1.82) is 0 Å². The van der Waals surface area contributed by atoms with Gasteiger partial charge in [-0.15, -0.1) is 0 Å². The molecular formula is C14H26O5. The number of carbonyl (C=O) groups is 2. The number of unbranched alkanes of at least 4 members (excludes halogenated alkanes) is 1. The quantitative estimate of drug-likeness (QED) is 0.347. The molecule has 0 aliphatic rings. The van der Waals surface area contributed by atoms with Crippen LogP contribution in [0, 0.1) is 5.41 Å². The van der Waals surface area contributed by atoms with Gasteiger partial charge < -0.3 is 14.2 Å². The lowest BCUT2D eigenvalue weighted by atomic mass is 9.82. The molecule has 0 fully saturated rings. The molecule has 5 heteroatoms. The van der Waals surface area contributed by atoms with Crippen LogP contribution in [0.4, 0.5) is 0 Å². The van der Waals surface area contributed by atoms with Gasteiger partial charge in [0.25, 0.3) is 0 Å². The lowest BCUT2D eigenvalue weighted by molar-refractivity contribution is -0.174. The van der Waals surface area contributed by atoms with Gasteiger partial charge in [0.15, 0.2) is 5.41 Å². The Kier molecular flexibility index (Phi) is 9.21. The summed E-state index contributed by atoms with van der Waals surface area (Å²) in [5.41, 5.74) is -1.18. The maximum Gasteiger partial charge on any atom is 0.323 e. The number of methoxy groups -OCH3 is 1. The topological polar surface area (TPSA) is 61.8 Å². The average Bonchev–Trinajstić information content (AvgIpc) is 2.41. The number of hydrogen-bond acceptors (Lipinski definition) is 5. The molecule has 0 atom stereocenters. The molecule has 0 N–H and O–H groups in total. The highest BCUT2D eigenvalue weighted by Crippen LogP contribution is 2.30. The van der Waals surface area contributed by atoms with Crippen molar-refractivity contribution >= 4 is 11.9 Å². The van der Waals surface area contributed by atoms with Crippen molar-refractivity contribution in [3.63, 3.8) is 0 Å². The van der Waals surface area contributed by atoms with Gasteiger partial charge >= 0.3 is 11.9 Å². The lowest BCUT2D eigenvalue weighted by Crippen LogP contribution is -2.41. The Morgan fingerprint density at radius 3 is 1.84 bits per heavy atom. The van der Waals surface area contributed by atoms with Crippen molar-refractivity contribution in [3.05, 3.63) is 0 Å². The standard InChI is InChI=1S/C14H26O5/c1-5-8-9-18-12(15)14(6-2,7-3)13(16)19-11-10-17-4/h5-11H2,1-4H3. The molecule has 0 aliphatic carbocycles. The molecule has 0 rings (SSSR count). The number of ether oxygens (including phenoxy) is 3. The van der Waals surface area contributed by atoms with E-state index in [1.165, 1.54) is 7.11 Å². The fourth-order valence-corrected chi connectivity index (χ4v) is 1.71. The Bertz CT molecular complexity index is 247. The second kappa shape index (κ2) is 9.78. The zero-order valence-corrected chi connectivity index (χ0v) is 12.5. The summed E-state index contributed by atoms with van der Waals surface area (Å²) in [6.45, 7) is 6.42. The van der Waals surface area contributed by atoms with Crippen molar-refractivity contribution in [2.24, 2.45) is 5.41 Å². The van der Waals surface area contributed by atoms with Crippen LogP contribution < -0.4 is 0 Å². The Morgan fingerprint density at radius 2 is 1.42 bits per heavy atom. The lowest BCUT2D eigenvalue weighted by Gasteiger charge is -2.26. The van der Waals surface area contributed by atoms with Gasteiger partial charge in [-0.05, 0) is 19.3 Å². The van der Waals surface area contributed by atoms with Crippen LogP contribution in [0.1, 0.15) is 46.5 Å². The Labute approximate surface area is 115 Å². The van der Waals surface area contributed by atoms with Gasteiger partial charge in [0.1, 0.15) is 6.61 Å². The molecule has 112 valence electrons. The van der Waals surface area contributed by atoms with Crippen molar-refractivity contribution in [3.8, 4) is 0 Å². The first-order valence-electron chi connectivity index (χ1n) is 6.92. The highest BCUT2D eigenvalue weighted by Gasteiger charge is 2.45. The molecular weight excluding hydrogens is 248 g/mol. The molecule has 5 nitrogen and oxygen atoms in total. The van der Waals surface area contributed by atoms with E-state index in [4.69, 9.17) is 14.2 Å². The van der Waals surface area contributed by atoms with E-state index in [-0.39, 0.29) is 6.61 Å². The zero-order chi connectivity index (χ0) is 14.7. The third-order valence-electron chi connectivity index (χ3n) is 3.24. The largest absolute Gasteiger partial charge is 0.465 e. The number of esters is 2. The Morgan fingerprint density at radius 1 is 0.895 bits per heavy atom. The maximum absolute atomic E-state index is 12.1. The molecule has 0 bridgehead atoms. The van der Waals surface area contributed by atoms with Crippen molar-refractivity contribution in [2.75, 3.05) is 26.9 Å². The molecule has 19 heavy (non-hydrogen) atoms. The minimum absolute atomic E-state index is 0.152. The monoisotopic (exact) mass is 274 g/mol. The Balaban J connectivity index is 4.62. The van der Waals surface area contributed by atoms with Gasteiger partial charge in [-0.2, -0.15) is 0 Å². The molecule has 0 unspecified atom stereocenters. The van der Waals surface area contributed by atoms with Crippen LogP contribution in [0.3, 0.4) is 0 Å². The second-order valence-electron chi connectivity index (χ2n) is 4.41. The molecule has 0 spiro atoms. The van der Waals surface area contributed by atoms with Crippen LogP contribution in [0.25, 0.3) is 0 Å². The molecule has 0 aromatic heterocycles. The summed E-state index contributed by atoms with van der Waals surface area (Å²) in [6.07, 6.45) is 2.49. The van der Waals surface area contributed by atoms with E-state index in [0.29, 0.717) is 26.1 Å². The zero-order valence-electron chi connectivity index (χ0n) is 12.5. The van der Waals surface area contributed by atoms with Crippen LogP contribution in [0.15, 0.2) is 0 Å². The number of hydrogen-bond donors (Lipinski definition) is 0. The molecule has 0 aromatic carbocycles. The number of rotatable bonds is 10. The van der Waals surface area contributed by atoms with Crippen LogP contribution in [-0.2, 0) is 23.8 Å². The van der Waals surface area contributed by atoms with Crippen LogP contribution in [0.5, 0.6) is 0 Å². The summed E-state index contributed by atoms with van der Waals surface area (Å²) < 4.78 is 15.1. The fourth-order valence-electron chi connectivity index (χ4n) is 1.71. The van der Waals surface area contributed by atoms with E-state index in [9.17, 15) is 9.59 Å². The van der Waals surface area contributed by atoms with Gasteiger partial charge in [-0.25, -0.2) is 0 Å². The molecule has 0 aliphatic heterocycles. The molecule has 0 radical (unpaired) electrons. The normalized spacial score (nSPS) is 11.2. The highest BCUT2D eigenvalue weighted by molar-refractivity contribution is 5.99. The average molecular weight is 274 g/mol. The van der Waals surface area contributed by atoms with E-state index in [0.717, 1.165) is 12.8 Å². The molecule has 0 amide bonds. The summed E-state index contributed by atoms with van der Waals surface area (Å²) in [7, 11) is 1.53. The van der Waals surface area contributed by atoms with Gasteiger partial charge in [0, 0.05) is 7.11 Å². The summed E-state index contributed by atoms with van der Waals surface area (Å²) in [6, 6.07) is 0. The molecule has 0 saturated carbocycles. The SMILES string of the molecule is CCCCOC(=O)C(CC)(CC)C(=O)OCCOC. The second-order valence-corrected chi connectivity index (χ2v) is 4.41. The third-order valence-corrected chi connectivity index (χ3v) is 3.24. The Hall–Kier alpha value is -1.10. The van der Waals surface area contributed by atoms with Crippen LogP contribution in [-0.4, -0.2) is 38.9 Å². The molecule has 0 saturated heterocycles. The summed E-state index contributed by atoms with van der Waals surface area (Å²) in [5, 5.41) is 0. The van der Waals surface area contributed by atoms with E-state index in [2.05, 4.69) is 0 Å². The minimum Gasteiger partial charge on any atom is -0.465 e.